The number of carboxylic acid groups (broad SMARTS) is 1. The van der Waals surface area contributed by atoms with Crippen molar-refractivity contribution in [1.29, 1.82) is 0 Å². The van der Waals surface area contributed by atoms with E-state index in [1.807, 2.05) is 0 Å². The number of halogens is 4. The standard InChI is InChI=1S/C9H6Br2F2O3/c10-5-1-4(3-7(14)15)2-6(11)8(5)16-9(12)13/h1-2,9H,3H2,(H,14,15). The van der Waals surface area contributed by atoms with Gasteiger partial charge >= 0.3 is 12.6 Å². The van der Waals surface area contributed by atoms with Crippen molar-refractivity contribution in [1.82, 2.24) is 0 Å². The van der Waals surface area contributed by atoms with E-state index in [0.717, 1.165) is 0 Å². The summed E-state index contributed by atoms with van der Waals surface area (Å²) in [5, 5.41) is 8.58. The van der Waals surface area contributed by atoms with Crippen LogP contribution in [-0.2, 0) is 11.2 Å². The third-order valence-corrected chi connectivity index (χ3v) is 2.80. The summed E-state index contributed by atoms with van der Waals surface area (Å²) in [5.74, 6) is -1.05. The van der Waals surface area contributed by atoms with Crippen molar-refractivity contribution in [2.24, 2.45) is 0 Å². The minimum atomic E-state index is -2.93. The number of alkyl halides is 2. The van der Waals surface area contributed by atoms with Crippen LogP contribution in [0.2, 0.25) is 0 Å². The van der Waals surface area contributed by atoms with Gasteiger partial charge in [0.15, 0.2) is 5.75 Å². The molecule has 0 amide bonds. The molecule has 0 saturated carbocycles. The zero-order chi connectivity index (χ0) is 12.3. The fraction of sp³-hybridized carbons (Fsp3) is 0.222. The second-order valence-electron chi connectivity index (χ2n) is 2.84. The minimum Gasteiger partial charge on any atom is -0.481 e. The summed E-state index contributed by atoms with van der Waals surface area (Å²) < 4.78 is 28.9. The van der Waals surface area contributed by atoms with Gasteiger partial charge in [-0.15, -0.1) is 0 Å². The lowest BCUT2D eigenvalue weighted by Gasteiger charge is -2.10. The van der Waals surface area contributed by atoms with Crippen LogP contribution in [-0.4, -0.2) is 17.7 Å². The number of hydrogen-bond acceptors (Lipinski definition) is 2. The number of carbonyl (C=O) groups is 1. The first-order valence-corrected chi connectivity index (χ1v) is 5.63. The van der Waals surface area contributed by atoms with Crippen molar-refractivity contribution >= 4 is 37.8 Å². The van der Waals surface area contributed by atoms with Crippen molar-refractivity contribution in [3.63, 3.8) is 0 Å². The number of carboxylic acids is 1. The summed E-state index contributed by atoms with van der Waals surface area (Å²) in [6, 6.07) is 2.85. The summed E-state index contributed by atoms with van der Waals surface area (Å²) in [7, 11) is 0. The molecule has 0 aromatic heterocycles. The van der Waals surface area contributed by atoms with Crippen LogP contribution in [0.5, 0.6) is 5.75 Å². The lowest BCUT2D eigenvalue weighted by Crippen LogP contribution is -2.05. The molecule has 0 heterocycles. The average Bonchev–Trinajstić information content (AvgIpc) is 2.10. The van der Waals surface area contributed by atoms with Gasteiger partial charge in [0.1, 0.15) is 0 Å². The van der Waals surface area contributed by atoms with E-state index in [-0.39, 0.29) is 21.1 Å². The molecule has 0 radical (unpaired) electrons. The average molecular weight is 360 g/mol. The van der Waals surface area contributed by atoms with Gasteiger partial charge in [-0.3, -0.25) is 4.79 Å². The Balaban J connectivity index is 3.02. The van der Waals surface area contributed by atoms with Crippen LogP contribution in [0, 0.1) is 0 Å². The van der Waals surface area contributed by atoms with E-state index >= 15 is 0 Å². The van der Waals surface area contributed by atoms with Gasteiger partial charge in [0, 0.05) is 0 Å². The van der Waals surface area contributed by atoms with Gasteiger partial charge in [0.05, 0.1) is 15.4 Å². The monoisotopic (exact) mass is 358 g/mol. The second kappa shape index (κ2) is 5.58. The molecule has 0 spiro atoms. The molecule has 16 heavy (non-hydrogen) atoms. The number of aliphatic carboxylic acids is 1. The highest BCUT2D eigenvalue weighted by atomic mass is 79.9. The van der Waals surface area contributed by atoms with Gasteiger partial charge in [-0.05, 0) is 49.6 Å². The van der Waals surface area contributed by atoms with E-state index < -0.39 is 12.6 Å². The first kappa shape index (κ1) is 13.4. The molecule has 0 aliphatic rings. The molecule has 7 heteroatoms. The van der Waals surface area contributed by atoms with Gasteiger partial charge < -0.3 is 9.84 Å². The Bertz CT molecular complexity index is 387. The SMILES string of the molecule is O=C(O)Cc1cc(Br)c(OC(F)F)c(Br)c1. The summed E-state index contributed by atoms with van der Waals surface area (Å²) in [6.07, 6.45) is -0.188. The van der Waals surface area contributed by atoms with Crippen LogP contribution in [0.15, 0.2) is 21.1 Å². The summed E-state index contributed by atoms with van der Waals surface area (Å²) in [6.45, 7) is -2.93. The molecule has 3 nitrogen and oxygen atoms in total. The third kappa shape index (κ3) is 3.71. The highest BCUT2D eigenvalue weighted by molar-refractivity contribution is 9.11. The van der Waals surface area contributed by atoms with Gasteiger partial charge in [0.25, 0.3) is 0 Å². The van der Waals surface area contributed by atoms with E-state index in [2.05, 4.69) is 36.6 Å². The molecule has 88 valence electrons. The van der Waals surface area contributed by atoms with Crippen LogP contribution in [0.4, 0.5) is 8.78 Å². The Labute approximate surface area is 107 Å². The Hall–Kier alpha value is -0.690. The predicted octanol–water partition coefficient (Wildman–Crippen LogP) is 3.44. The normalized spacial score (nSPS) is 10.6. The third-order valence-electron chi connectivity index (χ3n) is 1.62. The molecule has 1 rings (SSSR count). The molecule has 0 aliphatic carbocycles. The van der Waals surface area contributed by atoms with Crippen LogP contribution < -0.4 is 4.74 Å². The van der Waals surface area contributed by atoms with Gasteiger partial charge in [-0.1, -0.05) is 0 Å². The smallest absolute Gasteiger partial charge is 0.387 e. The zero-order valence-corrected chi connectivity index (χ0v) is 10.9. The summed E-state index contributed by atoms with van der Waals surface area (Å²) >= 11 is 6.07. The number of ether oxygens (including phenoxy) is 1. The summed E-state index contributed by atoms with van der Waals surface area (Å²) in [4.78, 5) is 10.5. The minimum absolute atomic E-state index is 0.0517. The highest BCUT2D eigenvalue weighted by Crippen LogP contribution is 2.35. The van der Waals surface area contributed by atoms with Crippen LogP contribution in [0.3, 0.4) is 0 Å². The lowest BCUT2D eigenvalue weighted by atomic mass is 10.1. The van der Waals surface area contributed by atoms with Crippen molar-refractivity contribution in [3.05, 3.63) is 26.6 Å². The molecule has 1 aromatic rings. The molecule has 0 aliphatic heterocycles. The van der Waals surface area contributed by atoms with E-state index in [4.69, 9.17) is 5.11 Å². The van der Waals surface area contributed by atoms with Gasteiger partial charge in [-0.2, -0.15) is 8.78 Å². The van der Waals surface area contributed by atoms with Crippen LogP contribution >= 0.6 is 31.9 Å². The lowest BCUT2D eigenvalue weighted by molar-refractivity contribution is -0.136. The largest absolute Gasteiger partial charge is 0.481 e. The van der Waals surface area contributed by atoms with E-state index in [9.17, 15) is 13.6 Å². The molecular formula is C9H6Br2F2O3. The fourth-order valence-electron chi connectivity index (χ4n) is 1.09. The van der Waals surface area contributed by atoms with Crippen LogP contribution in [0.25, 0.3) is 0 Å². The molecule has 1 N–H and O–H groups in total. The van der Waals surface area contributed by atoms with Crippen molar-refractivity contribution in [2.75, 3.05) is 0 Å². The zero-order valence-electron chi connectivity index (χ0n) is 7.71. The van der Waals surface area contributed by atoms with Crippen LogP contribution in [0.1, 0.15) is 5.56 Å². The topological polar surface area (TPSA) is 46.5 Å². The number of benzene rings is 1. The van der Waals surface area contributed by atoms with Crippen molar-refractivity contribution in [3.8, 4) is 5.75 Å². The molecule has 0 atom stereocenters. The Morgan fingerprint density at radius 3 is 2.25 bits per heavy atom. The predicted molar refractivity (Wildman–Crippen MR) is 59.8 cm³/mol. The summed E-state index contributed by atoms with van der Waals surface area (Å²) in [5.41, 5.74) is 0.480. The fourth-order valence-corrected chi connectivity index (χ4v) is 2.56. The van der Waals surface area contributed by atoms with Crippen molar-refractivity contribution < 1.29 is 23.4 Å². The highest BCUT2D eigenvalue weighted by Gasteiger charge is 2.14. The van der Waals surface area contributed by atoms with E-state index in [0.29, 0.717) is 5.56 Å². The number of rotatable bonds is 4. The quantitative estimate of drug-likeness (QED) is 0.895. The van der Waals surface area contributed by atoms with Crippen molar-refractivity contribution in [2.45, 2.75) is 13.0 Å². The van der Waals surface area contributed by atoms with E-state index in [1.54, 1.807) is 0 Å². The molecule has 1 aromatic carbocycles. The van der Waals surface area contributed by atoms with Gasteiger partial charge in [0.2, 0.25) is 0 Å². The molecule has 0 saturated heterocycles. The Kier molecular flexibility index (Phi) is 4.67. The second-order valence-corrected chi connectivity index (χ2v) is 4.55. The molecular weight excluding hydrogens is 354 g/mol. The maximum atomic E-state index is 12.0. The first-order chi connectivity index (χ1) is 7.40. The number of hydrogen-bond donors (Lipinski definition) is 1. The first-order valence-electron chi connectivity index (χ1n) is 4.04. The molecule has 0 bridgehead atoms. The van der Waals surface area contributed by atoms with Gasteiger partial charge in [-0.25, -0.2) is 0 Å². The Morgan fingerprint density at radius 1 is 1.38 bits per heavy atom. The Morgan fingerprint density at radius 2 is 1.88 bits per heavy atom. The maximum Gasteiger partial charge on any atom is 0.387 e. The van der Waals surface area contributed by atoms with E-state index in [1.165, 1.54) is 12.1 Å². The molecule has 0 unspecified atom stereocenters. The maximum absolute atomic E-state index is 12.0. The molecule has 0 fully saturated rings.